The first-order valence-corrected chi connectivity index (χ1v) is 5.37. The summed E-state index contributed by atoms with van der Waals surface area (Å²) in [5, 5.41) is 3.20. The fraction of sp³-hybridized carbons (Fsp3) is 0.500. The Hall–Kier alpha value is -1.38. The molecule has 0 bridgehead atoms. The predicted molar refractivity (Wildman–Crippen MR) is 62.2 cm³/mol. The number of aromatic nitrogens is 1. The molecule has 15 heavy (non-hydrogen) atoms. The van der Waals surface area contributed by atoms with Crippen molar-refractivity contribution in [2.24, 2.45) is 5.92 Å². The van der Waals surface area contributed by atoms with Crippen molar-refractivity contribution in [1.82, 2.24) is 4.98 Å². The van der Waals surface area contributed by atoms with Gasteiger partial charge in [-0.3, -0.25) is 4.79 Å². The summed E-state index contributed by atoms with van der Waals surface area (Å²) < 4.78 is 0. The van der Waals surface area contributed by atoms with Gasteiger partial charge in [0.1, 0.15) is 5.82 Å². The summed E-state index contributed by atoms with van der Waals surface area (Å²) in [5.74, 6) is 1.38. The molecule has 0 unspecified atom stereocenters. The largest absolute Gasteiger partial charge is 0.369 e. The normalized spacial score (nSPS) is 10.4. The maximum atomic E-state index is 11.6. The summed E-state index contributed by atoms with van der Waals surface area (Å²) in [5.41, 5.74) is 0.695. The third kappa shape index (κ3) is 3.35. The highest BCUT2D eigenvalue weighted by atomic mass is 16.1. The van der Waals surface area contributed by atoms with Crippen LogP contribution < -0.4 is 5.32 Å². The smallest absolute Gasteiger partial charge is 0.166 e. The highest BCUT2D eigenvalue weighted by molar-refractivity contribution is 6.00. The molecule has 1 aromatic heterocycles. The van der Waals surface area contributed by atoms with Crippen LogP contribution in [0.4, 0.5) is 5.82 Å². The molecule has 1 heterocycles. The van der Waals surface area contributed by atoms with Crippen molar-refractivity contribution in [3.63, 3.8) is 0 Å². The van der Waals surface area contributed by atoms with Gasteiger partial charge in [-0.15, -0.1) is 0 Å². The Morgan fingerprint density at radius 1 is 1.53 bits per heavy atom. The third-order valence-corrected chi connectivity index (χ3v) is 2.11. The van der Waals surface area contributed by atoms with E-state index in [4.69, 9.17) is 0 Å². The molecule has 1 rings (SSSR count). The number of nitrogens with zero attached hydrogens (tertiary/aromatic N) is 1. The Labute approximate surface area is 90.9 Å². The zero-order valence-corrected chi connectivity index (χ0v) is 9.58. The summed E-state index contributed by atoms with van der Waals surface area (Å²) in [4.78, 5) is 15.8. The maximum absolute atomic E-state index is 11.6. The van der Waals surface area contributed by atoms with Crippen LogP contribution in [0.3, 0.4) is 0 Å². The molecule has 0 aliphatic heterocycles. The van der Waals surface area contributed by atoms with Crippen LogP contribution in [-0.2, 0) is 0 Å². The summed E-state index contributed by atoms with van der Waals surface area (Å²) >= 11 is 0. The minimum atomic E-state index is 0.134. The molecular formula is C12H18N2O. The van der Waals surface area contributed by atoms with Crippen LogP contribution in [0.15, 0.2) is 18.3 Å². The van der Waals surface area contributed by atoms with Crippen LogP contribution in [0.5, 0.6) is 0 Å². The fourth-order valence-electron chi connectivity index (χ4n) is 1.26. The third-order valence-electron chi connectivity index (χ3n) is 2.11. The molecule has 0 aliphatic carbocycles. The Bertz CT molecular complexity index is 334. The molecule has 3 nitrogen and oxygen atoms in total. The van der Waals surface area contributed by atoms with Crippen molar-refractivity contribution in [1.29, 1.82) is 0 Å². The van der Waals surface area contributed by atoms with Crippen molar-refractivity contribution < 1.29 is 4.79 Å². The first kappa shape index (κ1) is 11.7. The fourth-order valence-corrected chi connectivity index (χ4v) is 1.26. The molecule has 0 saturated carbocycles. The molecule has 3 heteroatoms. The number of nitrogens with one attached hydrogen (secondary N) is 1. The van der Waals surface area contributed by atoms with Crippen molar-refractivity contribution >= 4 is 11.6 Å². The number of hydrogen-bond acceptors (Lipinski definition) is 3. The van der Waals surface area contributed by atoms with Crippen molar-refractivity contribution in [2.75, 3.05) is 11.9 Å². The van der Waals surface area contributed by atoms with Crippen molar-refractivity contribution in [3.05, 3.63) is 23.9 Å². The molecule has 0 amide bonds. The second kappa shape index (κ2) is 5.49. The maximum Gasteiger partial charge on any atom is 0.166 e. The van der Waals surface area contributed by atoms with Gasteiger partial charge in [-0.05, 0) is 18.1 Å². The van der Waals surface area contributed by atoms with Crippen LogP contribution in [0, 0.1) is 5.92 Å². The van der Waals surface area contributed by atoms with Crippen LogP contribution in [0.2, 0.25) is 0 Å². The number of rotatable bonds is 5. The zero-order chi connectivity index (χ0) is 11.3. The van der Waals surface area contributed by atoms with Gasteiger partial charge in [0.2, 0.25) is 0 Å². The van der Waals surface area contributed by atoms with Gasteiger partial charge in [0.05, 0.1) is 5.56 Å². The topological polar surface area (TPSA) is 42.0 Å². The number of pyridine rings is 1. The van der Waals surface area contributed by atoms with E-state index < -0.39 is 0 Å². The lowest BCUT2D eigenvalue weighted by molar-refractivity contribution is 0.0988. The van der Waals surface area contributed by atoms with E-state index in [-0.39, 0.29) is 5.78 Å². The molecule has 0 aliphatic rings. The molecule has 1 aromatic rings. The highest BCUT2D eigenvalue weighted by Crippen LogP contribution is 2.13. The highest BCUT2D eigenvalue weighted by Gasteiger charge is 2.09. The summed E-state index contributed by atoms with van der Waals surface area (Å²) in [6, 6.07) is 3.62. The average molecular weight is 206 g/mol. The molecule has 0 fully saturated rings. The molecule has 0 saturated heterocycles. The van der Waals surface area contributed by atoms with E-state index in [2.05, 4.69) is 24.1 Å². The minimum absolute atomic E-state index is 0.134. The molecule has 0 aromatic carbocycles. The molecular weight excluding hydrogens is 188 g/mol. The van der Waals surface area contributed by atoms with Gasteiger partial charge in [0.15, 0.2) is 5.78 Å². The van der Waals surface area contributed by atoms with Crippen LogP contribution in [0.25, 0.3) is 0 Å². The molecule has 0 atom stereocenters. The van der Waals surface area contributed by atoms with E-state index in [0.717, 1.165) is 6.54 Å². The van der Waals surface area contributed by atoms with Crippen LogP contribution in [-0.4, -0.2) is 17.3 Å². The van der Waals surface area contributed by atoms with E-state index in [1.807, 2.05) is 13.0 Å². The summed E-state index contributed by atoms with van der Waals surface area (Å²) in [7, 11) is 0. The SMILES string of the molecule is CCC(=O)c1cccnc1NCC(C)C. The average Bonchev–Trinajstić information content (AvgIpc) is 2.25. The molecule has 0 spiro atoms. The number of carbonyl (C=O) groups excluding carboxylic acids is 1. The number of carbonyl (C=O) groups is 1. The lowest BCUT2D eigenvalue weighted by Crippen LogP contribution is -2.12. The Morgan fingerprint density at radius 2 is 2.27 bits per heavy atom. The van der Waals surface area contributed by atoms with E-state index in [0.29, 0.717) is 23.7 Å². The van der Waals surface area contributed by atoms with Crippen molar-refractivity contribution in [2.45, 2.75) is 27.2 Å². The second-order valence-electron chi connectivity index (χ2n) is 3.95. The van der Waals surface area contributed by atoms with Crippen molar-refractivity contribution in [3.8, 4) is 0 Å². The Morgan fingerprint density at radius 3 is 2.87 bits per heavy atom. The second-order valence-corrected chi connectivity index (χ2v) is 3.95. The van der Waals surface area contributed by atoms with Crippen LogP contribution in [0.1, 0.15) is 37.6 Å². The summed E-state index contributed by atoms with van der Waals surface area (Å²) in [6.07, 6.45) is 2.22. The Kier molecular flexibility index (Phi) is 4.28. The lowest BCUT2D eigenvalue weighted by atomic mass is 10.1. The molecule has 0 radical (unpaired) electrons. The summed E-state index contributed by atoms with van der Waals surface area (Å²) in [6.45, 7) is 6.94. The first-order chi connectivity index (χ1) is 7.15. The predicted octanol–water partition coefficient (Wildman–Crippen LogP) is 2.74. The number of Topliss-reactive ketones (excluding diaryl/α,β-unsaturated/α-hetero) is 1. The lowest BCUT2D eigenvalue weighted by Gasteiger charge is -2.11. The van der Waals surface area contributed by atoms with Gasteiger partial charge in [0.25, 0.3) is 0 Å². The van der Waals surface area contributed by atoms with E-state index in [9.17, 15) is 4.79 Å². The van der Waals surface area contributed by atoms with Gasteiger partial charge < -0.3 is 5.32 Å². The van der Waals surface area contributed by atoms with Gasteiger partial charge >= 0.3 is 0 Å². The van der Waals surface area contributed by atoms with Gasteiger partial charge in [0, 0.05) is 19.2 Å². The number of hydrogen-bond donors (Lipinski definition) is 1. The number of anilines is 1. The van der Waals surface area contributed by atoms with E-state index in [1.165, 1.54) is 0 Å². The number of ketones is 1. The first-order valence-electron chi connectivity index (χ1n) is 5.37. The standard InChI is InChI=1S/C12H18N2O/c1-4-11(15)10-6-5-7-13-12(10)14-8-9(2)3/h5-7,9H,4,8H2,1-3H3,(H,13,14). The quantitative estimate of drug-likeness (QED) is 0.753. The van der Waals surface area contributed by atoms with Crippen LogP contribution >= 0.6 is 0 Å². The zero-order valence-electron chi connectivity index (χ0n) is 9.58. The Balaban J connectivity index is 2.81. The van der Waals surface area contributed by atoms with Gasteiger partial charge in [-0.25, -0.2) is 4.98 Å². The molecule has 82 valence electrons. The molecule has 1 N–H and O–H groups in total. The monoisotopic (exact) mass is 206 g/mol. The van der Waals surface area contributed by atoms with Gasteiger partial charge in [-0.1, -0.05) is 20.8 Å². The van der Waals surface area contributed by atoms with E-state index >= 15 is 0 Å². The van der Waals surface area contributed by atoms with E-state index in [1.54, 1.807) is 12.3 Å². The van der Waals surface area contributed by atoms with Gasteiger partial charge in [-0.2, -0.15) is 0 Å². The minimum Gasteiger partial charge on any atom is -0.369 e.